The van der Waals surface area contributed by atoms with E-state index in [4.69, 9.17) is 5.11 Å². The molecule has 92 valence electrons. The van der Waals surface area contributed by atoms with Crippen LogP contribution in [0.2, 0.25) is 0 Å². The Morgan fingerprint density at radius 2 is 2.00 bits per heavy atom. The molecule has 0 aromatic rings. The van der Waals surface area contributed by atoms with Gasteiger partial charge in [0.05, 0.1) is 6.61 Å². The molecule has 6 heteroatoms. The zero-order valence-electron chi connectivity index (χ0n) is 8.97. The third-order valence-electron chi connectivity index (χ3n) is 1.98. The number of aliphatic hydroxyl groups is 1. The first-order valence-electron chi connectivity index (χ1n) is 4.94. The van der Waals surface area contributed by atoms with Crippen LogP contribution in [0.5, 0.6) is 0 Å². The number of halogens is 3. The number of ether oxygens (including phenoxy) is 1. The van der Waals surface area contributed by atoms with Gasteiger partial charge in [-0.25, -0.2) is 0 Å². The number of alkyl halides is 3. The molecule has 0 spiro atoms. The number of rotatable bonds is 7. The lowest BCUT2D eigenvalue weighted by atomic mass is 10.2. The Labute approximate surface area is 87.6 Å². The standard InChI is InChI=1S/C9H18F3NO2/c1-3-13-8(4-5-14)6-15-7(2)9(10,11)12/h7-8,13-14H,3-6H2,1-2H3. The highest BCUT2D eigenvalue weighted by Gasteiger charge is 2.37. The zero-order chi connectivity index (χ0) is 11.9. The van der Waals surface area contributed by atoms with Crippen LogP contribution in [-0.4, -0.2) is 43.2 Å². The molecule has 0 aliphatic carbocycles. The van der Waals surface area contributed by atoms with Gasteiger partial charge in [0.15, 0.2) is 6.10 Å². The van der Waals surface area contributed by atoms with E-state index in [0.29, 0.717) is 13.0 Å². The minimum atomic E-state index is -4.32. The molecule has 0 radical (unpaired) electrons. The second kappa shape index (κ2) is 7.03. The molecule has 0 aliphatic rings. The summed E-state index contributed by atoms with van der Waals surface area (Å²) >= 11 is 0. The maximum Gasteiger partial charge on any atom is 0.414 e. The molecule has 15 heavy (non-hydrogen) atoms. The van der Waals surface area contributed by atoms with Crippen molar-refractivity contribution < 1.29 is 23.0 Å². The minimum Gasteiger partial charge on any atom is -0.396 e. The molecule has 0 aliphatic heterocycles. The summed E-state index contributed by atoms with van der Waals surface area (Å²) in [6.07, 6.45) is -5.70. The average molecular weight is 229 g/mol. The molecule has 2 N–H and O–H groups in total. The van der Waals surface area contributed by atoms with E-state index >= 15 is 0 Å². The predicted octanol–water partition coefficient (Wildman–Crippen LogP) is 1.31. The average Bonchev–Trinajstić information content (AvgIpc) is 2.12. The van der Waals surface area contributed by atoms with E-state index < -0.39 is 12.3 Å². The van der Waals surface area contributed by atoms with Crippen molar-refractivity contribution in [2.75, 3.05) is 19.8 Å². The first-order chi connectivity index (χ1) is 6.91. The quantitative estimate of drug-likeness (QED) is 0.691. The van der Waals surface area contributed by atoms with Crippen LogP contribution in [0.1, 0.15) is 20.3 Å². The van der Waals surface area contributed by atoms with E-state index in [2.05, 4.69) is 10.1 Å². The second-order valence-corrected chi connectivity index (χ2v) is 3.28. The molecule has 0 saturated carbocycles. The molecule has 3 nitrogen and oxygen atoms in total. The normalized spacial score (nSPS) is 16.4. The molecule has 0 amide bonds. The van der Waals surface area contributed by atoms with Gasteiger partial charge in [-0.3, -0.25) is 0 Å². The summed E-state index contributed by atoms with van der Waals surface area (Å²) in [5.74, 6) is 0. The third kappa shape index (κ3) is 6.70. The Balaban J connectivity index is 3.87. The lowest BCUT2D eigenvalue weighted by molar-refractivity contribution is -0.215. The van der Waals surface area contributed by atoms with E-state index in [1.807, 2.05) is 6.92 Å². The van der Waals surface area contributed by atoms with Gasteiger partial charge in [-0.2, -0.15) is 13.2 Å². The van der Waals surface area contributed by atoms with Crippen molar-refractivity contribution in [1.29, 1.82) is 0 Å². The van der Waals surface area contributed by atoms with Gasteiger partial charge in [0.25, 0.3) is 0 Å². The molecular weight excluding hydrogens is 211 g/mol. The first-order valence-corrected chi connectivity index (χ1v) is 4.94. The fraction of sp³-hybridized carbons (Fsp3) is 1.00. The lowest BCUT2D eigenvalue weighted by Crippen LogP contribution is -2.38. The van der Waals surface area contributed by atoms with Crippen LogP contribution < -0.4 is 5.32 Å². The van der Waals surface area contributed by atoms with E-state index in [9.17, 15) is 13.2 Å². The Hall–Kier alpha value is -0.330. The molecule has 0 rings (SSSR count). The van der Waals surface area contributed by atoms with E-state index in [1.165, 1.54) is 0 Å². The van der Waals surface area contributed by atoms with Crippen molar-refractivity contribution >= 4 is 0 Å². The highest BCUT2D eigenvalue weighted by atomic mass is 19.4. The fourth-order valence-corrected chi connectivity index (χ4v) is 1.04. The SMILES string of the molecule is CCNC(CCO)COC(C)C(F)(F)F. The number of likely N-dealkylation sites (N-methyl/N-ethyl adjacent to an activating group) is 1. The number of hydrogen-bond acceptors (Lipinski definition) is 3. The van der Waals surface area contributed by atoms with Gasteiger partial charge in [0.1, 0.15) is 0 Å². The Morgan fingerprint density at radius 3 is 2.40 bits per heavy atom. The van der Waals surface area contributed by atoms with Crippen LogP contribution in [0.15, 0.2) is 0 Å². The van der Waals surface area contributed by atoms with Crippen LogP contribution in [0.3, 0.4) is 0 Å². The van der Waals surface area contributed by atoms with E-state index in [0.717, 1.165) is 6.92 Å². The highest BCUT2D eigenvalue weighted by Crippen LogP contribution is 2.22. The minimum absolute atomic E-state index is 0.0466. The number of hydrogen-bond donors (Lipinski definition) is 2. The van der Waals surface area contributed by atoms with E-state index in [-0.39, 0.29) is 19.3 Å². The lowest BCUT2D eigenvalue weighted by Gasteiger charge is -2.21. The van der Waals surface area contributed by atoms with Gasteiger partial charge < -0.3 is 15.2 Å². The number of aliphatic hydroxyl groups excluding tert-OH is 1. The second-order valence-electron chi connectivity index (χ2n) is 3.28. The van der Waals surface area contributed by atoms with Gasteiger partial charge in [-0.15, -0.1) is 0 Å². The summed E-state index contributed by atoms with van der Waals surface area (Å²) in [6.45, 7) is 3.34. The van der Waals surface area contributed by atoms with Crippen LogP contribution in [-0.2, 0) is 4.74 Å². The Kier molecular flexibility index (Phi) is 6.87. The van der Waals surface area contributed by atoms with Gasteiger partial charge >= 0.3 is 6.18 Å². The fourth-order valence-electron chi connectivity index (χ4n) is 1.04. The molecule has 0 saturated heterocycles. The smallest absolute Gasteiger partial charge is 0.396 e. The maximum absolute atomic E-state index is 12.1. The topological polar surface area (TPSA) is 41.5 Å². The van der Waals surface area contributed by atoms with Crippen molar-refractivity contribution in [2.24, 2.45) is 0 Å². The predicted molar refractivity (Wildman–Crippen MR) is 50.6 cm³/mol. The van der Waals surface area contributed by atoms with Crippen LogP contribution in [0.25, 0.3) is 0 Å². The number of nitrogens with one attached hydrogen (secondary N) is 1. The molecule has 0 fully saturated rings. The molecule has 0 bridgehead atoms. The molecular formula is C9H18F3NO2. The Bertz CT molecular complexity index is 158. The van der Waals surface area contributed by atoms with Gasteiger partial charge in [-0.1, -0.05) is 6.92 Å². The summed E-state index contributed by atoms with van der Waals surface area (Å²) in [7, 11) is 0. The highest BCUT2D eigenvalue weighted by molar-refractivity contribution is 4.67. The van der Waals surface area contributed by atoms with Crippen molar-refractivity contribution in [3.8, 4) is 0 Å². The van der Waals surface area contributed by atoms with Gasteiger partial charge in [-0.05, 0) is 19.9 Å². The summed E-state index contributed by atoms with van der Waals surface area (Å²) in [6, 6.07) is -0.232. The van der Waals surface area contributed by atoms with Crippen LogP contribution >= 0.6 is 0 Å². The molecule has 0 aromatic heterocycles. The monoisotopic (exact) mass is 229 g/mol. The molecule has 2 atom stereocenters. The van der Waals surface area contributed by atoms with Crippen molar-refractivity contribution in [2.45, 2.75) is 38.6 Å². The third-order valence-corrected chi connectivity index (χ3v) is 1.98. The Morgan fingerprint density at radius 1 is 1.40 bits per heavy atom. The van der Waals surface area contributed by atoms with Crippen molar-refractivity contribution in [3.63, 3.8) is 0 Å². The molecule has 2 unspecified atom stereocenters. The summed E-state index contributed by atoms with van der Waals surface area (Å²) in [5.41, 5.74) is 0. The van der Waals surface area contributed by atoms with Gasteiger partial charge in [0, 0.05) is 12.6 Å². The van der Waals surface area contributed by atoms with Gasteiger partial charge in [0.2, 0.25) is 0 Å². The maximum atomic E-state index is 12.1. The van der Waals surface area contributed by atoms with Crippen LogP contribution in [0.4, 0.5) is 13.2 Å². The first kappa shape index (κ1) is 14.7. The summed E-state index contributed by atoms with van der Waals surface area (Å²) in [4.78, 5) is 0. The summed E-state index contributed by atoms with van der Waals surface area (Å²) in [5, 5.41) is 11.6. The van der Waals surface area contributed by atoms with Crippen LogP contribution in [0, 0.1) is 0 Å². The molecule has 0 aromatic carbocycles. The molecule has 0 heterocycles. The van der Waals surface area contributed by atoms with Crippen molar-refractivity contribution in [1.82, 2.24) is 5.32 Å². The van der Waals surface area contributed by atoms with Crippen molar-refractivity contribution in [3.05, 3.63) is 0 Å². The summed E-state index contributed by atoms with van der Waals surface area (Å²) < 4.78 is 40.9. The van der Waals surface area contributed by atoms with E-state index in [1.54, 1.807) is 0 Å². The largest absolute Gasteiger partial charge is 0.414 e. The zero-order valence-corrected chi connectivity index (χ0v) is 8.97.